The molecule has 0 spiro atoms. The molecule has 0 radical (unpaired) electrons. The highest BCUT2D eigenvalue weighted by molar-refractivity contribution is 7.52. The minimum absolute atomic E-state index is 0.0207. The highest BCUT2D eigenvalue weighted by Crippen LogP contribution is 2.53. The summed E-state index contributed by atoms with van der Waals surface area (Å²) in [7, 11) is -1.37. The van der Waals surface area contributed by atoms with E-state index in [9.17, 15) is 14.2 Å². The third-order valence-electron chi connectivity index (χ3n) is 7.66. The fourth-order valence-electron chi connectivity index (χ4n) is 5.31. The zero-order valence-electron chi connectivity index (χ0n) is 29.3. The molecule has 0 amide bonds. The number of fused-ring (bicyclic) bond motifs is 1. The van der Waals surface area contributed by atoms with Crippen molar-refractivity contribution in [2.75, 3.05) is 31.3 Å². The predicted molar refractivity (Wildman–Crippen MR) is 183 cm³/mol. The number of carbonyl (C=O) groups is 2. The Morgan fingerprint density at radius 2 is 1.73 bits per heavy atom. The van der Waals surface area contributed by atoms with Crippen LogP contribution in [0.3, 0.4) is 0 Å². The van der Waals surface area contributed by atoms with Crippen LogP contribution in [0.5, 0.6) is 5.75 Å². The molecule has 16 nitrogen and oxygen atoms in total. The van der Waals surface area contributed by atoms with Crippen LogP contribution < -0.4 is 20.2 Å². The number of nitrogens with two attached hydrogens (primary N) is 1. The minimum Gasteiger partial charge on any atom is -0.462 e. The van der Waals surface area contributed by atoms with Gasteiger partial charge in [0.15, 0.2) is 28.9 Å². The summed E-state index contributed by atoms with van der Waals surface area (Å²) >= 11 is 0. The minimum atomic E-state index is -4.71. The van der Waals surface area contributed by atoms with E-state index < -0.39 is 62.5 Å². The van der Waals surface area contributed by atoms with E-state index in [1.54, 1.807) is 81.4 Å². The Morgan fingerprint density at radius 3 is 2.37 bits per heavy atom. The number of rotatable bonds is 14. The van der Waals surface area contributed by atoms with Gasteiger partial charge in [-0.05, 0) is 45.4 Å². The van der Waals surface area contributed by atoms with Gasteiger partial charge in [-0.15, -0.1) is 0 Å². The van der Waals surface area contributed by atoms with Crippen LogP contribution in [-0.2, 0) is 39.4 Å². The SMILES string of the molecule is CC(C)OC(=O)[C@H](C)NP(=O)(OC[C@@]1(F)O[C@@H](n2cnc3c(N(C)C)nc(N)nc32)[C@](C)(F)[C@@H]1OC(=O)OCc1ccccc1)Oc1ccccc1. The van der Waals surface area contributed by atoms with Crippen molar-refractivity contribution in [1.29, 1.82) is 0 Å². The van der Waals surface area contributed by atoms with Crippen LogP contribution in [0.15, 0.2) is 67.0 Å². The standard InChI is InChI=1S/C33H40F2N7O9P/c1-20(2)48-27(43)21(3)40-52(45,51-23-15-11-8-12-16-23)47-18-33(35)28(49-31(44)46-17-22-13-9-7-10-14-22)32(4,34)29(50-33)42-19-37-24-25(41(5)6)38-30(36)39-26(24)42/h7-16,19-21,28-29H,17-18H2,1-6H3,(H,40,45)(H2,36,38,39)/t21-,28-,29+,32+,33+,52?/m0/s1. The number of hydrogen-bond acceptors (Lipinski definition) is 14. The summed E-state index contributed by atoms with van der Waals surface area (Å²) in [6.07, 6.45) is -5.15. The van der Waals surface area contributed by atoms with Crippen molar-refractivity contribution in [1.82, 2.24) is 24.6 Å². The molecule has 6 atom stereocenters. The van der Waals surface area contributed by atoms with E-state index in [2.05, 4.69) is 20.0 Å². The number of nitrogen functional groups attached to an aromatic ring is 1. The number of ether oxygens (including phenoxy) is 4. The molecule has 3 heterocycles. The number of para-hydroxylation sites is 1. The largest absolute Gasteiger partial charge is 0.509 e. The fourth-order valence-corrected chi connectivity index (χ4v) is 6.82. The monoisotopic (exact) mass is 747 g/mol. The zero-order valence-corrected chi connectivity index (χ0v) is 30.2. The van der Waals surface area contributed by atoms with Crippen molar-refractivity contribution in [3.05, 3.63) is 72.6 Å². The lowest BCUT2D eigenvalue weighted by molar-refractivity contribution is -0.206. The molecule has 0 aliphatic carbocycles. The molecule has 19 heteroatoms. The van der Waals surface area contributed by atoms with Crippen molar-refractivity contribution in [3.8, 4) is 5.75 Å². The average Bonchev–Trinajstić information content (AvgIpc) is 3.58. The topological polar surface area (TPSA) is 191 Å². The second-order valence-electron chi connectivity index (χ2n) is 12.6. The van der Waals surface area contributed by atoms with Crippen molar-refractivity contribution in [2.45, 2.75) is 70.3 Å². The maximum Gasteiger partial charge on any atom is 0.509 e. The number of hydrogen-bond donors (Lipinski definition) is 2. The van der Waals surface area contributed by atoms with Gasteiger partial charge >= 0.3 is 19.9 Å². The van der Waals surface area contributed by atoms with E-state index in [4.69, 9.17) is 33.7 Å². The van der Waals surface area contributed by atoms with E-state index in [-0.39, 0.29) is 35.3 Å². The van der Waals surface area contributed by atoms with Crippen LogP contribution in [0.1, 0.15) is 39.5 Å². The Bertz CT molecular complexity index is 1920. The van der Waals surface area contributed by atoms with Crippen LogP contribution in [0.4, 0.5) is 25.3 Å². The Kier molecular flexibility index (Phi) is 11.3. The highest BCUT2D eigenvalue weighted by Gasteiger charge is 2.68. The molecular formula is C33H40F2N7O9P. The number of carbonyl (C=O) groups excluding carboxylic acids is 2. The van der Waals surface area contributed by atoms with Gasteiger partial charge in [-0.25, -0.2) is 23.1 Å². The van der Waals surface area contributed by atoms with Gasteiger partial charge in [0.05, 0.1) is 12.4 Å². The Labute approximate surface area is 298 Å². The second-order valence-corrected chi connectivity index (χ2v) is 14.3. The van der Waals surface area contributed by atoms with E-state index in [0.717, 1.165) is 17.8 Å². The lowest BCUT2D eigenvalue weighted by Gasteiger charge is -2.30. The first kappa shape index (κ1) is 38.3. The molecule has 52 heavy (non-hydrogen) atoms. The van der Waals surface area contributed by atoms with Gasteiger partial charge in [0, 0.05) is 14.1 Å². The Morgan fingerprint density at radius 1 is 1.08 bits per heavy atom. The first-order valence-electron chi connectivity index (χ1n) is 16.1. The van der Waals surface area contributed by atoms with Gasteiger partial charge < -0.3 is 34.1 Å². The number of benzene rings is 2. The molecule has 3 N–H and O–H groups in total. The number of esters is 1. The lowest BCUT2D eigenvalue weighted by atomic mass is 9.97. The van der Waals surface area contributed by atoms with E-state index >= 15 is 8.78 Å². The summed E-state index contributed by atoms with van der Waals surface area (Å²) in [5.41, 5.74) is 3.77. The molecule has 2 aromatic heterocycles. The van der Waals surface area contributed by atoms with Crippen LogP contribution in [0.25, 0.3) is 11.2 Å². The molecule has 1 aliphatic heterocycles. The summed E-state index contributed by atoms with van der Waals surface area (Å²) < 4.78 is 82.3. The summed E-state index contributed by atoms with van der Waals surface area (Å²) in [5.74, 6) is -4.08. The fraction of sp³-hybridized carbons (Fsp3) is 0.424. The molecule has 1 saturated heterocycles. The summed E-state index contributed by atoms with van der Waals surface area (Å²) in [4.78, 5) is 39.8. The quantitative estimate of drug-likeness (QED) is 0.125. The molecule has 0 bridgehead atoms. The van der Waals surface area contributed by atoms with E-state index in [1.807, 2.05) is 0 Å². The number of halogens is 2. The van der Waals surface area contributed by atoms with Crippen LogP contribution in [0.2, 0.25) is 0 Å². The van der Waals surface area contributed by atoms with E-state index in [0.29, 0.717) is 5.56 Å². The number of nitrogens with one attached hydrogen (secondary N) is 1. The van der Waals surface area contributed by atoms with Gasteiger partial charge in [-0.1, -0.05) is 48.5 Å². The molecule has 4 aromatic rings. The van der Waals surface area contributed by atoms with Gasteiger partial charge in [0.25, 0.3) is 5.85 Å². The van der Waals surface area contributed by atoms with E-state index in [1.165, 1.54) is 19.1 Å². The van der Waals surface area contributed by atoms with Crippen molar-refractivity contribution < 1.29 is 50.9 Å². The first-order chi connectivity index (χ1) is 24.5. The third kappa shape index (κ3) is 8.58. The second kappa shape index (κ2) is 15.4. The van der Waals surface area contributed by atoms with Crippen molar-refractivity contribution >= 4 is 42.8 Å². The molecule has 0 saturated carbocycles. The number of imidazole rings is 1. The first-order valence-corrected chi connectivity index (χ1v) is 17.6. The maximum atomic E-state index is 17.3. The molecular weight excluding hydrogens is 707 g/mol. The smallest absolute Gasteiger partial charge is 0.462 e. The molecule has 1 unspecified atom stereocenters. The number of alkyl halides is 2. The lowest BCUT2D eigenvalue weighted by Crippen LogP contribution is -2.50. The molecule has 5 rings (SSSR count). The molecule has 1 fully saturated rings. The van der Waals surface area contributed by atoms with Crippen LogP contribution in [-0.4, -0.2) is 82.1 Å². The average molecular weight is 748 g/mol. The summed E-state index contributed by atoms with van der Waals surface area (Å²) in [6.45, 7) is 3.86. The number of nitrogens with zero attached hydrogens (tertiary/aromatic N) is 5. The van der Waals surface area contributed by atoms with Gasteiger partial charge in [-0.3, -0.25) is 13.9 Å². The normalized spacial score (nSPS) is 23.2. The molecule has 280 valence electrons. The summed E-state index contributed by atoms with van der Waals surface area (Å²) in [5, 5.41) is 2.43. The molecule has 2 aromatic carbocycles. The van der Waals surface area contributed by atoms with Gasteiger partial charge in [-0.2, -0.15) is 15.1 Å². The number of aromatic nitrogens is 4. The van der Waals surface area contributed by atoms with Crippen molar-refractivity contribution in [3.63, 3.8) is 0 Å². The third-order valence-corrected chi connectivity index (χ3v) is 9.29. The highest BCUT2D eigenvalue weighted by atomic mass is 31.2. The van der Waals surface area contributed by atoms with Gasteiger partial charge in [0.2, 0.25) is 12.1 Å². The molecule has 1 aliphatic rings. The van der Waals surface area contributed by atoms with Crippen molar-refractivity contribution in [2.24, 2.45) is 0 Å². The summed E-state index contributed by atoms with van der Waals surface area (Å²) in [6, 6.07) is 14.9. The zero-order chi connectivity index (χ0) is 37.8. The maximum absolute atomic E-state index is 17.3. The van der Waals surface area contributed by atoms with Crippen LogP contribution in [0, 0.1) is 0 Å². The number of anilines is 2. The van der Waals surface area contributed by atoms with Gasteiger partial charge in [0.1, 0.15) is 25.0 Å². The predicted octanol–water partition coefficient (Wildman–Crippen LogP) is 5.25. The Hall–Kier alpha value is -4.90. The van der Waals surface area contributed by atoms with Crippen LogP contribution >= 0.6 is 7.75 Å². The Balaban J connectivity index is 1.49.